The van der Waals surface area contributed by atoms with E-state index in [0.717, 1.165) is 38.2 Å². The topological polar surface area (TPSA) is 48.0 Å². The van der Waals surface area contributed by atoms with Gasteiger partial charge >= 0.3 is 5.97 Å². The summed E-state index contributed by atoms with van der Waals surface area (Å²) in [6, 6.07) is 5.50. The number of hydrogen-bond donors (Lipinski definition) is 0. The molecule has 0 radical (unpaired) electrons. The van der Waals surface area contributed by atoms with Crippen LogP contribution in [0.2, 0.25) is 0 Å². The smallest absolute Gasteiger partial charge is 0.308 e. The first kappa shape index (κ1) is 19.2. The quantitative estimate of drug-likeness (QED) is 0.490. The molecule has 0 aliphatic carbocycles. The van der Waals surface area contributed by atoms with Crippen molar-refractivity contribution in [2.45, 2.75) is 20.3 Å². The van der Waals surface area contributed by atoms with Crippen LogP contribution in [0.15, 0.2) is 24.3 Å². The zero-order valence-electron chi connectivity index (χ0n) is 14.5. The monoisotopic (exact) mass is 321 g/mol. The minimum Gasteiger partial charge on any atom is -0.493 e. The van der Waals surface area contributed by atoms with E-state index in [2.05, 4.69) is 17.9 Å². The zero-order valence-corrected chi connectivity index (χ0v) is 14.5. The summed E-state index contributed by atoms with van der Waals surface area (Å²) < 4.78 is 15.5. The van der Waals surface area contributed by atoms with Crippen LogP contribution >= 0.6 is 0 Å². The van der Waals surface area contributed by atoms with Crippen molar-refractivity contribution < 1.29 is 19.0 Å². The second kappa shape index (κ2) is 10.8. The van der Waals surface area contributed by atoms with Gasteiger partial charge in [-0.15, -0.1) is 0 Å². The molecular formula is C18H27NO4. The van der Waals surface area contributed by atoms with E-state index in [1.54, 1.807) is 20.3 Å². The molecule has 0 N–H and O–H groups in total. The third-order valence-electron chi connectivity index (χ3n) is 3.27. The van der Waals surface area contributed by atoms with E-state index in [-0.39, 0.29) is 5.97 Å². The van der Waals surface area contributed by atoms with Crippen LogP contribution in [0.3, 0.4) is 0 Å². The van der Waals surface area contributed by atoms with Gasteiger partial charge in [0.2, 0.25) is 0 Å². The lowest BCUT2D eigenvalue weighted by Gasteiger charge is -2.19. The van der Waals surface area contributed by atoms with Crippen molar-refractivity contribution in [1.82, 2.24) is 4.90 Å². The van der Waals surface area contributed by atoms with Crippen molar-refractivity contribution in [3.05, 3.63) is 29.8 Å². The molecule has 0 unspecified atom stereocenters. The van der Waals surface area contributed by atoms with E-state index in [9.17, 15) is 4.79 Å². The normalized spacial score (nSPS) is 11.2. The second-order valence-corrected chi connectivity index (χ2v) is 5.20. The number of rotatable bonds is 10. The molecule has 0 saturated heterocycles. The SMILES string of the molecule is CCCN(CC=Cc1ccc(OC(C)=O)c(OC)c1)CCOC. The Bertz CT molecular complexity index is 514. The van der Waals surface area contributed by atoms with E-state index in [1.165, 1.54) is 6.92 Å². The molecule has 0 aromatic heterocycles. The molecule has 0 bridgehead atoms. The van der Waals surface area contributed by atoms with Crippen molar-refractivity contribution in [3.8, 4) is 11.5 Å². The van der Waals surface area contributed by atoms with E-state index >= 15 is 0 Å². The molecule has 5 nitrogen and oxygen atoms in total. The van der Waals surface area contributed by atoms with Gasteiger partial charge in [-0.1, -0.05) is 25.1 Å². The molecule has 0 saturated carbocycles. The first-order chi connectivity index (χ1) is 11.1. The van der Waals surface area contributed by atoms with Crippen LogP contribution in [-0.4, -0.2) is 51.3 Å². The van der Waals surface area contributed by atoms with E-state index < -0.39 is 0 Å². The number of ether oxygens (including phenoxy) is 3. The van der Waals surface area contributed by atoms with Crippen molar-refractivity contribution in [3.63, 3.8) is 0 Å². The lowest BCUT2D eigenvalue weighted by molar-refractivity contribution is -0.132. The van der Waals surface area contributed by atoms with Crippen LogP contribution in [-0.2, 0) is 9.53 Å². The predicted octanol–water partition coefficient (Wildman–Crippen LogP) is 2.99. The second-order valence-electron chi connectivity index (χ2n) is 5.20. The molecule has 128 valence electrons. The summed E-state index contributed by atoms with van der Waals surface area (Å²) >= 11 is 0. The summed E-state index contributed by atoms with van der Waals surface area (Å²) in [6.45, 7) is 7.10. The number of nitrogens with zero attached hydrogens (tertiary/aromatic N) is 1. The third kappa shape index (κ3) is 7.30. The summed E-state index contributed by atoms with van der Waals surface area (Å²) in [5.41, 5.74) is 1.00. The van der Waals surface area contributed by atoms with Gasteiger partial charge in [-0.2, -0.15) is 0 Å². The van der Waals surface area contributed by atoms with Gasteiger partial charge in [-0.3, -0.25) is 9.69 Å². The van der Waals surface area contributed by atoms with Crippen molar-refractivity contribution in [2.75, 3.05) is 40.5 Å². The maximum Gasteiger partial charge on any atom is 0.308 e. The highest BCUT2D eigenvalue weighted by molar-refractivity contribution is 5.71. The Morgan fingerprint density at radius 2 is 2.00 bits per heavy atom. The number of benzene rings is 1. The fraction of sp³-hybridized carbons (Fsp3) is 0.500. The van der Waals surface area contributed by atoms with Crippen LogP contribution in [0.25, 0.3) is 6.08 Å². The Balaban J connectivity index is 2.69. The molecule has 23 heavy (non-hydrogen) atoms. The largest absolute Gasteiger partial charge is 0.493 e. The maximum absolute atomic E-state index is 11.1. The predicted molar refractivity (Wildman–Crippen MR) is 91.9 cm³/mol. The lowest BCUT2D eigenvalue weighted by Crippen LogP contribution is -2.28. The molecule has 0 heterocycles. The average molecular weight is 321 g/mol. The molecule has 1 aromatic rings. The highest BCUT2D eigenvalue weighted by Gasteiger charge is 2.07. The van der Waals surface area contributed by atoms with E-state index in [0.29, 0.717) is 11.5 Å². The molecule has 0 fully saturated rings. The molecule has 0 aliphatic heterocycles. The van der Waals surface area contributed by atoms with Crippen LogP contribution in [0.1, 0.15) is 25.8 Å². The first-order valence-corrected chi connectivity index (χ1v) is 7.85. The highest BCUT2D eigenvalue weighted by Crippen LogP contribution is 2.28. The Hall–Kier alpha value is -1.85. The molecule has 1 rings (SSSR count). The fourth-order valence-electron chi connectivity index (χ4n) is 2.20. The van der Waals surface area contributed by atoms with Crippen LogP contribution < -0.4 is 9.47 Å². The molecule has 0 aliphatic rings. The Morgan fingerprint density at radius 3 is 2.61 bits per heavy atom. The summed E-state index contributed by atoms with van der Waals surface area (Å²) in [5.74, 6) is 0.622. The molecule has 5 heteroatoms. The van der Waals surface area contributed by atoms with Gasteiger partial charge in [0.15, 0.2) is 11.5 Å². The molecule has 0 spiro atoms. The number of carbonyl (C=O) groups is 1. The summed E-state index contributed by atoms with van der Waals surface area (Å²) in [7, 11) is 3.28. The van der Waals surface area contributed by atoms with Gasteiger partial charge in [-0.05, 0) is 30.7 Å². The Morgan fingerprint density at radius 1 is 1.22 bits per heavy atom. The summed E-state index contributed by atoms with van der Waals surface area (Å²) in [4.78, 5) is 13.4. The van der Waals surface area contributed by atoms with Gasteiger partial charge in [-0.25, -0.2) is 0 Å². The van der Waals surface area contributed by atoms with Crippen molar-refractivity contribution >= 4 is 12.0 Å². The van der Waals surface area contributed by atoms with Gasteiger partial charge in [0.25, 0.3) is 0 Å². The van der Waals surface area contributed by atoms with Gasteiger partial charge in [0.1, 0.15) is 0 Å². The first-order valence-electron chi connectivity index (χ1n) is 7.85. The molecule has 0 atom stereocenters. The summed E-state index contributed by atoms with van der Waals surface area (Å²) in [6.07, 6.45) is 5.27. The fourth-order valence-corrected chi connectivity index (χ4v) is 2.20. The van der Waals surface area contributed by atoms with E-state index in [4.69, 9.17) is 14.2 Å². The maximum atomic E-state index is 11.1. The van der Waals surface area contributed by atoms with Gasteiger partial charge in [0, 0.05) is 27.1 Å². The van der Waals surface area contributed by atoms with Crippen molar-refractivity contribution in [2.24, 2.45) is 0 Å². The molecular weight excluding hydrogens is 294 g/mol. The standard InChI is InChI=1S/C18H27NO4/c1-5-10-19(12-13-21-3)11-6-7-16-8-9-17(23-15(2)20)18(14-16)22-4/h6-9,14H,5,10-13H2,1-4H3. The molecule has 1 aromatic carbocycles. The Labute approximate surface area is 138 Å². The van der Waals surface area contributed by atoms with Crippen LogP contribution in [0.4, 0.5) is 0 Å². The number of methoxy groups -OCH3 is 2. The average Bonchev–Trinajstić information content (AvgIpc) is 2.53. The molecule has 0 amide bonds. The third-order valence-corrected chi connectivity index (χ3v) is 3.27. The van der Waals surface area contributed by atoms with Gasteiger partial charge < -0.3 is 14.2 Å². The van der Waals surface area contributed by atoms with Crippen molar-refractivity contribution in [1.29, 1.82) is 0 Å². The van der Waals surface area contributed by atoms with Gasteiger partial charge in [0.05, 0.1) is 13.7 Å². The van der Waals surface area contributed by atoms with Crippen LogP contribution in [0, 0.1) is 0 Å². The van der Waals surface area contributed by atoms with Crippen LogP contribution in [0.5, 0.6) is 11.5 Å². The minimum absolute atomic E-state index is 0.361. The highest BCUT2D eigenvalue weighted by atomic mass is 16.6. The number of hydrogen-bond acceptors (Lipinski definition) is 5. The zero-order chi connectivity index (χ0) is 17.1. The number of esters is 1. The van der Waals surface area contributed by atoms with E-state index in [1.807, 2.05) is 18.2 Å². The Kier molecular flexibility index (Phi) is 9.02. The lowest BCUT2D eigenvalue weighted by atomic mass is 10.2. The number of carbonyl (C=O) groups excluding carboxylic acids is 1. The minimum atomic E-state index is -0.361. The summed E-state index contributed by atoms with van der Waals surface area (Å²) in [5, 5.41) is 0.